The normalized spacial score (nSPS) is 9.81. The zero-order valence-corrected chi connectivity index (χ0v) is 11.8. The third-order valence-electron chi connectivity index (χ3n) is 2.49. The summed E-state index contributed by atoms with van der Waals surface area (Å²) < 4.78 is 10.2. The van der Waals surface area contributed by atoms with Crippen molar-refractivity contribution in [1.29, 1.82) is 0 Å². The zero-order chi connectivity index (χ0) is 15.1. The smallest absolute Gasteiger partial charge is 0.323 e. The summed E-state index contributed by atoms with van der Waals surface area (Å²) in [7, 11) is 1.47. The lowest BCUT2D eigenvalue weighted by Crippen LogP contribution is -2.19. The lowest BCUT2D eigenvalue weighted by atomic mass is 10.3. The van der Waals surface area contributed by atoms with Gasteiger partial charge in [0.2, 0.25) is 0 Å². The van der Waals surface area contributed by atoms with E-state index in [2.05, 4.69) is 20.6 Å². The van der Waals surface area contributed by atoms with E-state index < -0.39 is 0 Å². The van der Waals surface area contributed by atoms with Gasteiger partial charge in [0, 0.05) is 5.69 Å². The van der Waals surface area contributed by atoms with E-state index in [4.69, 9.17) is 9.47 Å². The van der Waals surface area contributed by atoms with E-state index in [-0.39, 0.29) is 12.0 Å². The topological polar surface area (TPSA) is 85.4 Å². The van der Waals surface area contributed by atoms with E-state index in [9.17, 15) is 4.79 Å². The van der Waals surface area contributed by atoms with Crippen LogP contribution in [0, 0.1) is 0 Å². The van der Waals surface area contributed by atoms with Crippen molar-refractivity contribution in [2.24, 2.45) is 0 Å². The summed E-state index contributed by atoms with van der Waals surface area (Å²) in [5.74, 6) is 0.756. The molecule has 7 heteroatoms. The lowest BCUT2D eigenvalue weighted by Gasteiger charge is -2.08. The molecule has 2 aromatic rings. The summed E-state index contributed by atoms with van der Waals surface area (Å²) in [6, 6.07) is 6.95. The summed E-state index contributed by atoms with van der Waals surface area (Å²) in [6.45, 7) is 2.52. The van der Waals surface area contributed by atoms with E-state index in [0.29, 0.717) is 18.0 Å². The maximum absolute atomic E-state index is 11.8. The van der Waals surface area contributed by atoms with Crippen LogP contribution in [0.15, 0.2) is 36.7 Å². The summed E-state index contributed by atoms with van der Waals surface area (Å²) in [5.41, 5.74) is 1.13. The zero-order valence-electron chi connectivity index (χ0n) is 11.8. The molecule has 21 heavy (non-hydrogen) atoms. The number of rotatable bonds is 5. The van der Waals surface area contributed by atoms with Gasteiger partial charge in [0.15, 0.2) is 0 Å². The second-order valence-corrected chi connectivity index (χ2v) is 3.99. The van der Waals surface area contributed by atoms with Crippen LogP contribution >= 0.6 is 0 Å². The predicted octanol–water partition coefficient (Wildman–Crippen LogP) is 2.53. The fourth-order valence-corrected chi connectivity index (χ4v) is 1.58. The summed E-state index contributed by atoms with van der Waals surface area (Å²) in [4.78, 5) is 19.6. The molecule has 0 spiro atoms. The maximum atomic E-state index is 11.8. The van der Waals surface area contributed by atoms with Crippen LogP contribution in [0.25, 0.3) is 0 Å². The molecule has 1 aromatic carbocycles. The van der Waals surface area contributed by atoms with Crippen molar-refractivity contribution in [3.8, 4) is 11.8 Å². The first-order chi connectivity index (χ1) is 10.2. The van der Waals surface area contributed by atoms with Crippen molar-refractivity contribution in [1.82, 2.24) is 9.97 Å². The van der Waals surface area contributed by atoms with Gasteiger partial charge in [-0.1, -0.05) is 0 Å². The first-order valence-corrected chi connectivity index (χ1v) is 6.38. The average molecular weight is 288 g/mol. The van der Waals surface area contributed by atoms with Crippen LogP contribution in [-0.4, -0.2) is 29.7 Å². The third kappa shape index (κ3) is 4.34. The summed E-state index contributed by atoms with van der Waals surface area (Å²) in [5, 5.41) is 5.32. The molecule has 0 aliphatic heterocycles. The molecule has 2 amide bonds. The number of methoxy groups -OCH3 is 1. The molecule has 0 unspecified atom stereocenters. The number of nitrogens with one attached hydrogen (secondary N) is 2. The molecule has 0 bridgehead atoms. The number of amides is 2. The molecule has 2 N–H and O–H groups in total. The molecule has 0 atom stereocenters. The van der Waals surface area contributed by atoms with E-state index in [1.165, 1.54) is 19.5 Å². The van der Waals surface area contributed by atoms with Crippen LogP contribution in [0.1, 0.15) is 6.92 Å². The highest BCUT2D eigenvalue weighted by molar-refractivity contribution is 5.99. The average Bonchev–Trinajstić information content (AvgIpc) is 2.50. The summed E-state index contributed by atoms with van der Waals surface area (Å²) in [6.07, 6.45) is 2.92. The Morgan fingerprint density at radius 1 is 1.10 bits per heavy atom. The van der Waals surface area contributed by atoms with Gasteiger partial charge in [-0.05, 0) is 31.2 Å². The first-order valence-electron chi connectivity index (χ1n) is 6.38. The molecule has 2 rings (SSSR count). The minimum absolute atomic E-state index is 0.243. The highest BCUT2D eigenvalue weighted by Gasteiger charge is 2.04. The number of carbonyl (C=O) groups excluding carboxylic acids is 1. The van der Waals surface area contributed by atoms with Gasteiger partial charge in [-0.25, -0.2) is 14.8 Å². The summed E-state index contributed by atoms with van der Waals surface area (Å²) >= 11 is 0. The predicted molar refractivity (Wildman–Crippen MR) is 78.8 cm³/mol. The van der Waals surface area contributed by atoms with Crippen LogP contribution in [0.3, 0.4) is 0 Å². The number of benzene rings is 1. The molecule has 0 aliphatic carbocycles. The van der Waals surface area contributed by atoms with Gasteiger partial charge >= 0.3 is 12.0 Å². The molecule has 0 aliphatic rings. The van der Waals surface area contributed by atoms with Crippen LogP contribution in [0.2, 0.25) is 0 Å². The number of carbonyl (C=O) groups is 1. The van der Waals surface area contributed by atoms with Crippen molar-refractivity contribution >= 4 is 17.4 Å². The Balaban J connectivity index is 1.91. The van der Waals surface area contributed by atoms with Crippen molar-refractivity contribution in [2.75, 3.05) is 24.4 Å². The molecular formula is C14H16N4O3. The van der Waals surface area contributed by atoms with E-state index in [1.807, 2.05) is 6.92 Å². The quantitative estimate of drug-likeness (QED) is 0.883. The SMILES string of the molecule is CCOc1ccc(NC(=O)Nc2cnc(OC)nc2)cc1. The van der Waals surface area contributed by atoms with E-state index in [1.54, 1.807) is 24.3 Å². The number of urea groups is 1. The van der Waals surface area contributed by atoms with Gasteiger partial charge in [-0.3, -0.25) is 0 Å². The minimum atomic E-state index is -0.382. The molecule has 0 saturated heterocycles. The highest BCUT2D eigenvalue weighted by Crippen LogP contribution is 2.16. The number of anilines is 2. The lowest BCUT2D eigenvalue weighted by molar-refractivity contribution is 0.262. The Morgan fingerprint density at radius 2 is 1.71 bits per heavy atom. The standard InChI is InChI=1S/C14H16N4O3/c1-3-21-12-6-4-10(5-7-12)17-13(19)18-11-8-15-14(20-2)16-9-11/h4-9H,3H2,1-2H3,(H2,17,18,19). The van der Waals surface area contributed by atoms with Gasteiger partial charge < -0.3 is 20.1 Å². The monoisotopic (exact) mass is 288 g/mol. The Kier molecular flexibility index (Phi) is 4.92. The molecule has 1 heterocycles. The molecule has 110 valence electrons. The van der Waals surface area contributed by atoms with Crippen molar-refractivity contribution in [2.45, 2.75) is 6.92 Å². The number of aromatic nitrogens is 2. The molecule has 0 radical (unpaired) electrons. The van der Waals surface area contributed by atoms with Gasteiger partial charge in [0.1, 0.15) is 5.75 Å². The van der Waals surface area contributed by atoms with Crippen molar-refractivity contribution in [3.63, 3.8) is 0 Å². The highest BCUT2D eigenvalue weighted by atomic mass is 16.5. The fraction of sp³-hybridized carbons (Fsp3) is 0.214. The number of nitrogens with zero attached hydrogens (tertiary/aromatic N) is 2. The number of ether oxygens (including phenoxy) is 2. The molecule has 1 aromatic heterocycles. The van der Waals surface area contributed by atoms with E-state index >= 15 is 0 Å². The number of hydrogen-bond donors (Lipinski definition) is 2. The van der Waals surface area contributed by atoms with Gasteiger partial charge in [0.05, 0.1) is 31.8 Å². The Labute approximate surface area is 122 Å². The van der Waals surface area contributed by atoms with Gasteiger partial charge in [0.25, 0.3) is 0 Å². The fourth-order valence-electron chi connectivity index (χ4n) is 1.58. The van der Waals surface area contributed by atoms with E-state index in [0.717, 1.165) is 5.75 Å². The minimum Gasteiger partial charge on any atom is -0.494 e. The van der Waals surface area contributed by atoms with Crippen LogP contribution in [0.5, 0.6) is 11.8 Å². The molecule has 7 nitrogen and oxygen atoms in total. The second kappa shape index (κ2) is 7.09. The Hall–Kier alpha value is -2.83. The first kappa shape index (κ1) is 14.6. The third-order valence-corrected chi connectivity index (χ3v) is 2.49. The Morgan fingerprint density at radius 3 is 2.29 bits per heavy atom. The van der Waals surface area contributed by atoms with Crippen LogP contribution < -0.4 is 20.1 Å². The molecule has 0 saturated carbocycles. The molecular weight excluding hydrogens is 272 g/mol. The van der Waals surface area contributed by atoms with Crippen molar-refractivity contribution in [3.05, 3.63) is 36.7 Å². The second-order valence-electron chi connectivity index (χ2n) is 3.99. The number of hydrogen-bond acceptors (Lipinski definition) is 5. The molecule has 0 fully saturated rings. The van der Waals surface area contributed by atoms with Crippen molar-refractivity contribution < 1.29 is 14.3 Å². The Bertz CT molecular complexity index is 584. The van der Waals surface area contributed by atoms with Gasteiger partial charge in [-0.2, -0.15) is 0 Å². The van der Waals surface area contributed by atoms with Crippen LogP contribution in [-0.2, 0) is 0 Å². The largest absolute Gasteiger partial charge is 0.494 e. The van der Waals surface area contributed by atoms with Crippen LogP contribution in [0.4, 0.5) is 16.2 Å². The van der Waals surface area contributed by atoms with Gasteiger partial charge in [-0.15, -0.1) is 0 Å². The maximum Gasteiger partial charge on any atom is 0.323 e.